The summed E-state index contributed by atoms with van der Waals surface area (Å²) in [6.07, 6.45) is 5.15. The molecule has 4 nitrogen and oxygen atoms in total. The van der Waals surface area contributed by atoms with Gasteiger partial charge in [-0.25, -0.2) is 0 Å². The predicted octanol–water partition coefficient (Wildman–Crippen LogP) is 1.95. The molecule has 1 saturated heterocycles. The fourth-order valence-electron chi connectivity index (χ4n) is 2.62. The van der Waals surface area contributed by atoms with Gasteiger partial charge in [0.15, 0.2) is 5.78 Å². The van der Waals surface area contributed by atoms with Gasteiger partial charge in [0.1, 0.15) is 5.25 Å². The average Bonchev–Trinajstić information content (AvgIpc) is 2.51. The molecule has 1 aromatic rings. The smallest absolute Gasteiger partial charge is 0.224 e. The summed E-state index contributed by atoms with van der Waals surface area (Å²) in [4.78, 5) is 24.8. The number of nitrogens with zero attached hydrogens (tertiary/aromatic N) is 1. The first-order chi connectivity index (χ1) is 10.6. The van der Waals surface area contributed by atoms with Crippen LogP contribution in [0, 0.1) is 0 Å². The lowest BCUT2D eigenvalue weighted by Gasteiger charge is -2.30. The van der Waals surface area contributed by atoms with Crippen molar-refractivity contribution in [2.75, 3.05) is 19.3 Å². The highest BCUT2D eigenvalue weighted by molar-refractivity contribution is 7.91. The molecule has 2 rings (SSSR count). The van der Waals surface area contributed by atoms with Crippen molar-refractivity contribution in [1.82, 2.24) is 4.90 Å². The fourth-order valence-corrected chi connectivity index (χ4v) is 3.54. The zero-order valence-corrected chi connectivity index (χ0v) is 13.8. The van der Waals surface area contributed by atoms with Crippen LogP contribution in [-0.4, -0.2) is 45.7 Å². The van der Waals surface area contributed by atoms with Gasteiger partial charge in [-0.15, -0.1) is 0 Å². The number of β-lactam (4-membered cyclic amide) rings is 1. The monoisotopic (exact) mass is 321 g/mol. The van der Waals surface area contributed by atoms with Crippen LogP contribution in [0.5, 0.6) is 0 Å². The lowest BCUT2D eigenvalue weighted by molar-refractivity contribution is -0.143. The van der Waals surface area contributed by atoms with E-state index in [1.165, 1.54) is 5.56 Å². The van der Waals surface area contributed by atoms with Crippen molar-refractivity contribution in [3.05, 3.63) is 35.9 Å². The Morgan fingerprint density at radius 1 is 1.36 bits per heavy atom. The molecule has 1 aliphatic heterocycles. The van der Waals surface area contributed by atoms with E-state index in [0.29, 0.717) is 19.4 Å². The Labute approximate surface area is 135 Å². The highest BCUT2D eigenvalue weighted by Crippen LogP contribution is 2.16. The van der Waals surface area contributed by atoms with Gasteiger partial charge in [-0.1, -0.05) is 41.5 Å². The molecule has 0 bridgehead atoms. The summed E-state index contributed by atoms with van der Waals surface area (Å²) < 4.78 is 11.8. The van der Waals surface area contributed by atoms with Crippen LogP contribution in [0.4, 0.5) is 0 Å². The first kappa shape index (κ1) is 17.0. The number of benzene rings is 1. The van der Waals surface area contributed by atoms with Crippen molar-refractivity contribution in [1.29, 1.82) is 0 Å². The third-order valence-electron chi connectivity index (χ3n) is 4.07. The Morgan fingerprint density at radius 3 is 2.64 bits per heavy atom. The van der Waals surface area contributed by atoms with Gasteiger partial charge in [-0.2, -0.15) is 0 Å². The molecule has 0 saturated carbocycles. The van der Waals surface area contributed by atoms with Crippen molar-refractivity contribution >= 4 is 22.9 Å². The molecule has 1 fully saturated rings. The average molecular weight is 321 g/mol. The standard InChI is InChI=1S/C17H23NO3S/c1-22(21)16(9-5-8-14-6-3-2-4-7-14)12-15(19)13-18-11-10-17(18)20/h2-4,6-7,16H,5,8-13H2,1H3. The van der Waals surface area contributed by atoms with E-state index in [1.54, 1.807) is 11.2 Å². The molecule has 5 heteroatoms. The molecule has 2 unspecified atom stereocenters. The molecular formula is C17H23NO3S. The van der Waals surface area contributed by atoms with Gasteiger partial charge in [0.05, 0.1) is 19.2 Å². The number of Topliss-reactive ketones (excluding diaryl/α,β-unsaturated/α-hetero) is 1. The molecule has 22 heavy (non-hydrogen) atoms. The number of hydrogen-bond acceptors (Lipinski definition) is 3. The minimum Gasteiger partial charge on any atom is -0.616 e. The third-order valence-corrected chi connectivity index (χ3v) is 5.42. The number of carbonyl (C=O) groups excluding carboxylic acids is 2. The topological polar surface area (TPSA) is 60.4 Å². The number of carbonyl (C=O) groups is 2. The Bertz CT molecular complexity index is 504. The van der Waals surface area contributed by atoms with Crippen LogP contribution in [0.1, 0.15) is 31.2 Å². The molecule has 1 heterocycles. The van der Waals surface area contributed by atoms with Gasteiger partial charge in [-0.05, 0) is 24.8 Å². The summed E-state index contributed by atoms with van der Waals surface area (Å²) in [5, 5.41) is -0.104. The first-order valence-corrected chi connectivity index (χ1v) is 9.34. The maximum Gasteiger partial charge on any atom is 0.224 e. The second-order valence-corrected chi connectivity index (χ2v) is 7.47. The number of aryl methyl sites for hydroxylation is 1. The van der Waals surface area contributed by atoms with E-state index in [2.05, 4.69) is 12.1 Å². The van der Waals surface area contributed by atoms with Crippen molar-refractivity contribution in [3.8, 4) is 0 Å². The summed E-state index contributed by atoms with van der Waals surface area (Å²) in [7, 11) is 0. The van der Waals surface area contributed by atoms with Crippen LogP contribution in [0.3, 0.4) is 0 Å². The van der Waals surface area contributed by atoms with Crippen molar-refractivity contribution in [3.63, 3.8) is 0 Å². The predicted molar refractivity (Wildman–Crippen MR) is 88.1 cm³/mol. The maximum absolute atomic E-state index is 12.0. The van der Waals surface area contributed by atoms with E-state index < -0.39 is 11.2 Å². The molecule has 2 atom stereocenters. The minimum absolute atomic E-state index is 0.0213. The molecule has 0 aromatic heterocycles. The van der Waals surface area contributed by atoms with Crippen LogP contribution >= 0.6 is 0 Å². The first-order valence-electron chi connectivity index (χ1n) is 7.72. The van der Waals surface area contributed by atoms with E-state index >= 15 is 0 Å². The number of likely N-dealkylation sites (tertiary alicyclic amines) is 1. The van der Waals surface area contributed by atoms with Crippen LogP contribution in [0.2, 0.25) is 0 Å². The largest absolute Gasteiger partial charge is 0.616 e. The van der Waals surface area contributed by atoms with Crippen molar-refractivity contribution < 1.29 is 14.1 Å². The normalized spacial score (nSPS) is 17.0. The quantitative estimate of drug-likeness (QED) is 0.516. The molecule has 0 aliphatic carbocycles. The molecule has 1 aromatic carbocycles. The fraction of sp³-hybridized carbons (Fsp3) is 0.529. The van der Waals surface area contributed by atoms with Crippen LogP contribution in [0.15, 0.2) is 30.3 Å². The van der Waals surface area contributed by atoms with Crippen LogP contribution < -0.4 is 0 Å². The maximum atomic E-state index is 12.0. The lowest BCUT2D eigenvalue weighted by Crippen LogP contribution is -2.46. The Morgan fingerprint density at radius 2 is 2.09 bits per heavy atom. The Hall–Kier alpha value is -1.33. The summed E-state index contributed by atoms with van der Waals surface area (Å²) in [5.41, 5.74) is 1.26. The third kappa shape index (κ3) is 5.14. The van der Waals surface area contributed by atoms with Gasteiger partial charge in [0.2, 0.25) is 5.91 Å². The molecule has 1 aliphatic rings. The molecule has 1 amide bonds. The Balaban J connectivity index is 1.74. The van der Waals surface area contributed by atoms with Gasteiger partial charge in [0.25, 0.3) is 0 Å². The molecule has 0 spiro atoms. The lowest BCUT2D eigenvalue weighted by atomic mass is 10.0. The molecular weight excluding hydrogens is 298 g/mol. The summed E-state index contributed by atoms with van der Waals surface area (Å²) in [6, 6.07) is 10.2. The van der Waals surface area contributed by atoms with E-state index in [0.717, 1.165) is 19.3 Å². The van der Waals surface area contributed by atoms with Gasteiger partial charge in [-0.3, -0.25) is 9.59 Å². The SMILES string of the molecule is C[S+]([O-])C(CCCc1ccccc1)CC(=O)CN1CCC1=O. The molecule has 0 N–H and O–H groups in total. The highest BCUT2D eigenvalue weighted by atomic mass is 32.2. The van der Waals surface area contributed by atoms with Crippen molar-refractivity contribution in [2.24, 2.45) is 0 Å². The number of amides is 1. The second kappa shape index (κ2) is 8.34. The second-order valence-electron chi connectivity index (χ2n) is 5.81. The minimum atomic E-state index is -1.01. The van der Waals surface area contributed by atoms with Gasteiger partial charge in [0, 0.05) is 13.0 Å². The highest BCUT2D eigenvalue weighted by Gasteiger charge is 2.28. The van der Waals surface area contributed by atoms with E-state index in [1.807, 2.05) is 18.2 Å². The molecule has 0 radical (unpaired) electrons. The number of hydrogen-bond donors (Lipinski definition) is 0. The summed E-state index contributed by atoms with van der Waals surface area (Å²) in [5.74, 6) is 0.0690. The Kier molecular flexibility index (Phi) is 6.46. The molecule has 120 valence electrons. The van der Waals surface area contributed by atoms with Crippen LogP contribution in [0.25, 0.3) is 0 Å². The number of ketones is 1. The zero-order chi connectivity index (χ0) is 15.9. The number of rotatable bonds is 9. The summed E-state index contributed by atoms with van der Waals surface area (Å²) in [6.45, 7) is 0.865. The summed E-state index contributed by atoms with van der Waals surface area (Å²) >= 11 is -1.01. The zero-order valence-electron chi connectivity index (χ0n) is 13.0. The van der Waals surface area contributed by atoms with E-state index in [-0.39, 0.29) is 23.5 Å². The van der Waals surface area contributed by atoms with Gasteiger partial charge >= 0.3 is 0 Å². The van der Waals surface area contributed by atoms with Crippen molar-refractivity contribution in [2.45, 2.75) is 37.4 Å². The van der Waals surface area contributed by atoms with E-state index in [9.17, 15) is 14.1 Å². The van der Waals surface area contributed by atoms with Crippen LogP contribution in [-0.2, 0) is 27.2 Å². The van der Waals surface area contributed by atoms with Gasteiger partial charge < -0.3 is 9.45 Å². The van der Waals surface area contributed by atoms with E-state index in [4.69, 9.17) is 0 Å².